The summed E-state index contributed by atoms with van der Waals surface area (Å²) in [6.07, 6.45) is 2.59. The molecule has 0 spiro atoms. The van der Waals surface area contributed by atoms with Crippen molar-refractivity contribution in [3.05, 3.63) is 101 Å². The van der Waals surface area contributed by atoms with E-state index in [0.717, 1.165) is 54.2 Å². The number of carbonyl (C=O) groups is 2. The van der Waals surface area contributed by atoms with Crippen molar-refractivity contribution in [2.45, 2.75) is 64.3 Å². The van der Waals surface area contributed by atoms with E-state index in [1.807, 2.05) is 74.6 Å². The van der Waals surface area contributed by atoms with Crippen molar-refractivity contribution in [2.24, 2.45) is 5.92 Å². The first-order valence-electron chi connectivity index (χ1n) is 17.1. The molecular formula is C38H55Cl2N5O5S. The van der Waals surface area contributed by atoms with E-state index in [1.165, 1.54) is 25.2 Å². The maximum absolute atomic E-state index is 14.0. The maximum atomic E-state index is 14.0. The fourth-order valence-electron chi connectivity index (χ4n) is 6.39. The molecule has 1 aliphatic heterocycles. The third kappa shape index (κ3) is 13.1. The molecule has 0 saturated carbocycles. The van der Waals surface area contributed by atoms with Gasteiger partial charge in [0.2, 0.25) is 10.0 Å². The molecule has 51 heavy (non-hydrogen) atoms. The molecule has 0 bridgehead atoms. The van der Waals surface area contributed by atoms with Gasteiger partial charge in [-0.15, -0.1) is 24.8 Å². The fraction of sp³-hybridized carbons (Fsp3) is 0.474. The highest BCUT2D eigenvalue weighted by atomic mass is 35.5. The van der Waals surface area contributed by atoms with Gasteiger partial charge in [0.15, 0.2) is 0 Å². The highest BCUT2D eigenvalue weighted by molar-refractivity contribution is 7.92. The molecule has 1 heterocycles. The van der Waals surface area contributed by atoms with E-state index in [2.05, 4.69) is 34.3 Å². The first-order valence-corrected chi connectivity index (χ1v) is 19.0. The monoisotopic (exact) mass is 763 g/mol. The van der Waals surface area contributed by atoms with Gasteiger partial charge in [-0.25, -0.2) is 8.42 Å². The summed E-state index contributed by atoms with van der Waals surface area (Å²) in [5.41, 5.74) is 2.29. The first-order chi connectivity index (χ1) is 23.2. The van der Waals surface area contributed by atoms with Crippen LogP contribution >= 0.6 is 24.8 Å². The molecule has 3 aromatic rings. The highest BCUT2D eigenvalue weighted by Gasteiger charge is 2.29. The summed E-state index contributed by atoms with van der Waals surface area (Å²) >= 11 is 0. The lowest BCUT2D eigenvalue weighted by Gasteiger charge is -2.39. The Morgan fingerprint density at radius 2 is 1.39 bits per heavy atom. The van der Waals surface area contributed by atoms with Crippen molar-refractivity contribution in [1.82, 2.24) is 20.4 Å². The van der Waals surface area contributed by atoms with Crippen LogP contribution in [0.15, 0.2) is 78.9 Å². The minimum Gasteiger partial charge on any atom is -0.390 e. The number of nitrogens with one attached hydrogen (secondary N) is 2. The zero-order valence-corrected chi connectivity index (χ0v) is 32.9. The average molecular weight is 765 g/mol. The molecule has 1 fully saturated rings. The second-order valence-electron chi connectivity index (χ2n) is 13.8. The largest absolute Gasteiger partial charge is 0.390 e. The van der Waals surface area contributed by atoms with Gasteiger partial charge >= 0.3 is 0 Å². The van der Waals surface area contributed by atoms with E-state index >= 15 is 0 Å². The van der Waals surface area contributed by atoms with Crippen molar-refractivity contribution in [2.75, 3.05) is 50.8 Å². The minimum atomic E-state index is -3.70. The van der Waals surface area contributed by atoms with Crippen LogP contribution in [-0.2, 0) is 16.4 Å². The number of rotatable bonds is 15. The van der Waals surface area contributed by atoms with E-state index in [4.69, 9.17) is 0 Å². The molecule has 0 radical (unpaired) electrons. The van der Waals surface area contributed by atoms with Crippen LogP contribution < -0.4 is 14.9 Å². The number of likely N-dealkylation sites (N-methyl/N-ethyl adjacent to an activating group) is 1. The number of carbonyl (C=O) groups excluding carboxylic acids is 2. The summed E-state index contributed by atoms with van der Waals surface area (Å²) in [5.74, 6) is -0.344. The summed E-state index contributed by atoms with van der Waals surface area (Å²) in [6, 6.07) is 22.9. The minimum absolute atomic E-state index is 0. The van der Waals surface area contributed by atoms with Crippen LogP contribution in [-0.4, -0.2) is 99.9 Å². The van der Waals surface area contributed by atoms with Crippen molar-refractivity contribution in [1.29, 1.82) is 0 Å². The Morgan fingerprint density at radius 1 is 0.863 bits per heavy atom. The lowest BCUT2D eigenvalue weighted by atomic mass is 9.98. The van der Waals surface area contributed by atoms with Crippen LogP contribution in [0.1, 0.15) is 71.5 Å². The molecule has 282 valence electrons. The van der Waals surface area contributed by atoms with E-state index in [0.29, 0.717) is 24.9 Å². The van der Waals surface area contributed by atoms with Gasteiger partial charge in [0.25, 0.3) is 11.8 Å². The molecule has 3 aromatic carbocycles. The van der Waals surface area contributed by atoms with Crippen LogP contribution in [0.4, 0.5) is 5.69 Å². The number of hydrogen-bond donors (Lipinski definition) is 3. The number of likely N-dealkylation sites (tertiary alicyclic amines) is 1. The third-order valence-corrected chi connectivity index (χ3v) is 10.5. The molecular weight excluding hydrogens is 709 g/mol. The summed E-state index contributed by atoms with van der Waals surface area (Å²) in [6.45, 7) is 9.82. The van der Waals surface area contributed by atoms with Crippen LogP contribution in [0.25, 0.3) is 0 Å². The summed E-state index contributed by atoms with van der Waals surface area (Å²) < 4.78 is 26.1. The number of benzene rings is 3. The summed E-state index contributed by atoms with van der Waals surface area (Å²) in [7, 11) is -0.289. The van der Waals surface area contributed by atoms with Crippen LogP contribution in [0, 0.1) is 5.92 Å². The maximum Gasteiger partial charge on any atom is 0.251 e. The number of amides is 2. The number of sulfonamides is 1. The van der Waals surface area contributed by atoms with Crippen LogP contribution in [0.5, 0.6) is 0 Å². The van der Waals surface area contributed by atoms with Gasteiger partial charge in [-0.05, 0) is 81.6 Å². The third-order valence-electron chi connectivity index (χ3n) is 9.31. The Bertz CT molecular complexity index is 1640. The van der Waals surface area contributed by atoms with Gasteiger partial charge in [-0.2, -0.15) is 0 Å². The Balaban J connectivity index is 0.00000451. The Kier molecular flexibility index (Phi) is 17.4. The second-order valence-corrected chi connectivity index (χ2v) is 15.8. The molecule has 1 saturated heterocycles. The zero-order chi connectivity index (χ0) is 35.7. The van der Waals surface area contributed by atoms with Gasteiger partial charge < -0.3 is 25.5 Å². The number of nitrogens with zero attached hydrogens (tertiary/aromatic N) is 3. The molecule has 10 nitrogen and oxygen atoms in total. The van der Waals surface area contributed by atoms with Crippen molar-refractivity contribution >= 4 is 52.3 Å². The number of aliphatic hydroxyl groups excluding tert-OH is 1. The molecule has 3 unspecified atom stereocenters. The van der Waals surface area contributed by atoms with Crippen molar-refractivity contribution in [3.8, 4) is 0 Å². The van der Waals surface area contributed by atoms with Crippen molar-refractivity contribution < 1.29 is 23.1 Å². The number of hydrogen-bond acceptors (Lipinski definition) is 7. The lowest BCUT2D eigenvalue weighted by Crippen LogP contribution is -2.52. The highest BCUT2D eigenvalue weighted by Crippen LogP contribution is 2.23. The SMILES string of the molecule is CC(C)CN1CCC(N(C)CC(O)C(Cc2ccccc2)NC(=O)c2cc(C(=O)NC(C)c3ccccc3)cc(N(C)S(C)(=O)=O)c2)CC1.Cl.Cl. The zero-order valence-electron chi connectivity index (χ0n) is 30.5. The first kappa shape index (κ1) is 44.0. The smallest absolute Gasteiger partial charge is 0.251 e. The van der Waals surface area contributed by atoms with E-state index < -0.39 is 34.0 Å². The van der Waals surface area contributed by atoms with Crippen LogP contribution in [0.2, 0.25) is 0 Å². The summed E-state index contributed by atoms with van der Waals surface area (Å²) in [5, 5.41) is 17.6. The van der Waals surface area contributed by atoms with Crippen molar-refractivity contribution in [3.63, 3.8) is 0 Å². The number of halogens is 2. The number of aliphatic hydroxyl groups is 1. The predicted molar refractivity (Wildman–Crippen MR) is 211 cm³/mol. The molecule has 1 aliphatic rings. The molecule has 13 heteroatoms. The normalized spacial score (nSPS) is 15.6. The fourth-order valence-corrected chi connectivity index (χ4v) is 6.87. The van der Waals surface area contributed by atoms with Gasteiger partial charge in [0, 0.05) is 37.3 Å². The predicted octanol–water partition coefficient (Wildman–Crippen LogP) is 5.17. The molecule has 0 aliphatic carbocycles. The number of anilines is 1. The van der Waals surface area contributed by atoms with E-state index in [-0.39, 0.29) is 47.7 Å². The molecule has 3 atom stereocenters. The lowest BCUT2D eigenvalue weighted by molar-refractivity contribution is 0.0489. The standard InChI is InChI=1S/C38H53N5O5S.2ClH/c1-27(2)25-43-19-17-33(18-20-43)41(4)26-36(44)35(21-29-13-9-7-10-14-29)40-38(46)32-22-31(23-34(24-32)42(5)49(6,47)48)37(45)39-28(3)30-15-11-8-12-16-30;;/h7-16,22-24,27-28,33,35-36,44H,17-21,25-26H2,1-6H3,(H,39,45)(H,40,46);2*1H. The van der Waals surface area contributed by atoms with Gasteiger partial charge in [0.05, 0.1) is 30.1 Å². The quantitative estimate of drug-likeness (QED) is 0.195. The van der Waals surface area contributed by atoms with Gasteiger partial charge in [-0.3, -0.25) is 13.9 Å². The topological polar surface area (TPSA) is 122 Å². The van der Waals surface area contributed by atoms with E-state index in [1.54, 1.807) is 0 Å². The molecule has 2 amide bonds. The van der Waals surface area contributed by atoms with Gasteiger partial charge in [-0.1, -0.05) is 74.5 Å². The molecule has 0 aromatic heterocycles. The summed E-state index contributed by atoms with van der Waals surface area (Å²) in [4.78, 5) is 32.1. The average Bonchev–Trinajstić information content (AvgIpc) is 3.07. The van der Waals surface area contributed by atoms with E-state index in [9.17, 15) is 23.1 Å². The molecule has 4 rings (SSSR count). The second kappa shape index (κ2) is 20.2. The Labute approximate surface area is 316 Å². The Hall–Kier alpha value is -3.19. The Morgan fingerprint density at radius 3 is 1.92 bits per heavy atom. The van der Waals surface area contributed by atoms with Crippen LogP contribution in [0.3, 0.4) is 0 Å². The number of piperidine rings is 1. The molecule has 3 N–H and O–H groups in total. The van der Waals surface area contributed by atoms with Gasteiger partial charge in [0.1, 0.15) is 0 Å².